The van der Waals surface area contributed by atoms with E-state index in [0.29, 0.717) is 12.5 Å². The zero-order valence-corrected chi connectivity index (χ0v) is 21.4. The highest BCUT2D eigenvalue weighted by molar-refractivity contribution is 7.22. The lowest BCUT2D eigenvalue weighted by atomic mass is 9.96. The molecule has 0 N–H and O–H groups in total. The third-order valence-electron chi connectivity index (χ3n) is 7.28. The highest BCUT2D eigenvalue weighted by Crippen LogP contribution is 2.32. The van der Waals surface area contributed by atoms with E-state index in [4.69, 9.17) is 14.5 Å². The molecule has 1 aromatic heterocycles. The van der Waals surface area contributed by atoms with Gasteiger partial charge in [-0.05, 0) is 68.1 Å². The Labute approximate surface area is 217 Å². The van der Waals surface area contributed by atoms with Crippen molar-refractivity contribution in [2.75, 3.05) is 44.2 Å². The van der Waals surface area contributed by atoms with Crippen molar-refractivity contribution in [3.63, 3.8) is 0 Å². The molecule has 2 aliphatic heterocycles. The lowest BCUT2D eigenvalue weighted by Crippen LogP contribution is -2.45. The number of nitrogens with zero attached hydrogens (tertiary/aromatic N) is 3. The third-order valence-corrected chi connectivity index (χ3v) is 8.38. The first-order valence-corrected chi connectivity index (χ1v) is 13.9. The first-order valence-electron chi connectivity index (χ1n) is 13.1. The molecule has 3 heterocycles. The summed E-state index contributed by atoms with van der Waals surface area (Å²) in [5.41, 5.74) is 2.49. The van der Waals surface area contributed by atoms with E-state index < -0.39 is 0 Å². The third kappa shape index (κ3) is 5.50. The van der Waals surface area contributed by atoms with Crippen LogP contribution in [-0.4, -0.2) is 55.3 Å². The summed E-state index contributed by atoms with van der Waals surface area (Å²) in [6.07, 6.45) is 3.55. The molecule has 0 radical (unpaired) electrons. The molecule has 1 fully saturated rings. The van der Waals surface area contributed by atoms with Gasteiger partial charge in [-0.3, -0.25) is 4.90 Å². The normalized spacial score (nSPS) is 18.4. The number of benzene rings is 3. The van der Waals surface area contributed by atoms with Gasteiger partial charge < -0.3 is 14.4 Å². The van der Waals surface area contributed by atoms with Gasteiger partial charge in [0.2, 0.25) is 0 Å². The molecule has 0 amide bonds. The SMILES string of the molecule is c1ccc(CCN(CC2CCN(CC3COc4ccccc4O3)CC2)c2nc3ccccc3s2)cc1. The summed E-state index contributed by atoms with van der Waals surface area (Å²) in [5.74, 6) is 2.40. The second kappa shape index (κ2) is 10.9. The number of para-hydroxylation sites is 3. The molecule has 2 aliphatic rings. The molecule has 1 atom stereocenters. The molecule has 36 heavy (non-hydrogen) atoms. The van der Waals surface area contributed by atoms with Crippen LogP contribution in [0.4, 0.5) is 5.13 Å². The summed E-state index contributed by atoms with van der Waals surface area (Å²) in [6.45, 7) is 5.84. The Morgan fingerprint density at radius 2 is 1.64 bits per heavy atom. The number of ether oxygens (including phenoxy) is 2. The van der Waals surface area contributed by atoms with Gasteiger partial charge in [0.05, 0.1) is 10.2 Å². The second-order valence-corrected chi connectivity index (χ2v) is 10.9. The number of anilines is 1. The number of piperidine rings is 1. The smallest absolute Gasteiger partial charge is 0.186 e. The first-order chi connectivity index (χ1) is 17.8. The summed E-state index contributed by atoms with van der Waals surface area (Å²) in [6, 6.07) is 27.3. The van der Waals surface area contributed by atoms with Crippen molar-refractivity contribution in [2.24, 2.45) is 5.92 Å². The maximum Gasteiger partial charge on any atom is 0.186 e. The van der Waals surface area contributed by atoms with Gasteiger partial charge in [0.25, 0.3) is 0 Å². The van der Waals surface area contributed by atoms with Gasteiger partial charge in [0, 0.05) is 19.6 Å². The van der Waals surface area contributed by atoms with Crippen LogP contribution in [0.15, 0.2) is 78.9 Å². The Balaban J connectivity index is 1.07. The minimum Gasteiger partial charge on any atom is -0.486 e. The maximum atomic E-state index is 6.20. The first kappa shape index (κ1) is 23.3. The number of hydrogen-bond acceptors (Lipinski definition) is 6. The summed E-state index contributed by atoms with van der Waals surface area (Å²) in [5, 5.41) is 1.15. The molecule has 3 aromatic carbocycles. The van der Waals surface area contributed by atoms with Crippen molar-refractivity contribution >= 4 is 26.7 Å². The molecule has 186 valence electrons. The molecule has 0 saturated carbocycles. The van der Waals surface area contributed by atoms with Crippen LogP contribution in [0.3, 0.4) is 0 Å². The predicted octanol–water partition coefficient (Wildman–Crippen LogP) is 5.90. The molecule has 5 nitrogen and oxygen atoms in total. The predicted molar refractivity (Wildman–Crippen MR) is 147 cm³/mol. The van der Waals surface area contributed by atoms with E-state index in [-0.39, 0.29) is 6.10 Å². The van der Waals surface area contributed by atoms with Gasteiger partial charge in [-0.1, -0.05) is 65.9 Å². The summed E-state index contributed by atoms with van der Waals surface area (Å²) in [7, 11) is 0. The van der Waals surface area contributed by atoms with Crippen LogP contribution in [0.2, 0.25) is 0 Å². The van der Waals surface area contributed by atoms with Gasteiger partial charge in [-0.15, -0.1) is 0 Å². The molecule has 0 spiro atoms. The molecule has 6 heteroatoms. The van der Waals surface area contributed by atoms with Crippen molar-refractivity contribution in [1.82, 2.24) is 9.88 Å². The highest BCUT2D eigenvalue weighted by atomic mass is 32.1. The lowest BCUT2D eigenvalue weighted by Gasteiger charge is -2.37. The maximum absolute atomic E-state index is 6.20. The van der Waals surface area contributed by atoms with Crippen LogP contribution >= 0.6 is 11.3 Å². The van der Waals surface area contributed by atoms with Gasteiger partial charge >= 0.3 is 0 Å². The summed E-state index contributed by atoms with van der Waals surface area (Å²) >= 11 is 1.82. The average molecular weight is 500 g/mol. The van der Waals surface area contributed by atoms with Crippen molar-refractivity contribution in [1.29, 1.82) is 0 Å². The van der Waals surface area contributed by atoms with E-state index in [1.807, 2.05) is 35.6 Å². The standard InChI is InChI=1S/C30H33N3O2S/c1-2-8-23(9-3-1)16-19-33(30-31-26-10-4-7-13-29(26)36-30)20-24-14-17-32(18-15-24)21-25-22-34-27-11-5-6-12-28(27)35-25/h1-13,24-25H,14-22H2. The van der Waals surface area contributed by atoms with Gasteiger partial charge in [0.1, 0.15) is 12.7 Å². The van der Waals surface area contributed by atoms with Crippen LogP contribution in [-0.2, 0) is 6.42 Å². The van der Waals surface area contributed by atoms with Crippen molar-refractivity contribution < 1.29 is 9.47 Å². The summed E-state index contributed by atoms with van der Waals surface area (Å²) < 4.78 is 13.4. The van der Waals surface area contributed by atoms with Crippen LogP contribution in [0, 0.1) is 5.92 Å². The topological polar surface area (TPSA) is 37.8 Å². The van der Waals surface area contributed by atoms with Crippen LogP contribution in [0.5, 0.6) is 11.5 Å². The Morgan fingerprint density at radius 3 is 2.47 bits per heavy atom. The number of fused-ring (bicyclic) bond motifs is 2. The van der Waals surface area contributed by atoms with Gasteiger partial charge in [-0.2, -0.15) is 0 Å². The van der Waals surface area contributed by atoms with Crippen molar-refractivity contribution in [2.45, 2.75) is 25.4 Å². The second-order valence-electron chi connectivity index (χ2n) is 9.89. The van der Waals surface area contributed by atoms with Gasteiger partial charge in [0.15, 0.2) is 16.6 Å². The Bertz CT molecular complexity index is 1240. The zero-order valence-electron chi connectivity index (χ0n) is 20.6. The van der Waals surface area contributed by atoms with E-state index in [9.17, 15) is 0 Å². The Morgan fingerprint density at radius 1 is 0.889 bits per heavy atom. The highest BCUT2D eigenvalue weighted by Gasteiger charge is 2.27. The largest absolute Gasteiger partial charge is 0.486 e. The Hall–Kier alpha value is -3.09. The molecule has 1 saturated heterocycles. The van der Waals surface area contributed by atoms with E-state index in [1.165, 1.54) is 23.1 Å². The fourth-order valence-corrected chi connectivity index (χ4v) is 6.27. The Kier molecular flexibility index (Phi) is 7.05. The fraction of sp³-hybridized carbons (Fsp3) is 0.367. The minimum absolute atomic E-state index is 0.0987. The minimum atomic E-state index is 0.0987. The number of likely N-dealkylation sites (tertiary alicyclic amines) is 1. The van der Waals surface area contributed by atoms with Crippen LogP contribution < -0.4 is 14.4 Å². The van der Waals surface area contributed by atoms with Crippen LogP contribution in [0.25, 0.3) is 10.2 Å². The van der Waals surface area contributed by atoms with E-state index in [0.717, 1.165) is 61.3 Å². The zero-order chi connectivity index (χ0) is 24.2. The molecule has 4 aromatic rings. The lowest BCUT2D eigenvalue weighted by molar-refractivity contribution is 0.0481. The van der Waals surface area contributed by atoms with E-state index >= 15 is 0 Å². The number of aromatic nitrogens is 1. The van der Waals surface area contributed by atoms with E-state index in [1.54, 1.807) is 0 Å². The number of thiazole rings is 1. The molecule has 0 aliphatic carbocycles. The molecule has 6 rings (SSSR count). The molecular formula is C30H33N3O2S. The quantitative estimate of drug-likeness (QED) is 0.302. The molecule has 0 bridgehead atoms. The number of rotatable bonds is 8. The van der Waals surface area contributed by atoms with Gasteiger partial charge in [-0.25, -0.2) is 4.98 Å². The van der Waals surface area contributed by atoms with Crippen molar-refractivity contribution in [3.8, 4) is 11.5 Å². The fourth-order valence-electron chi connectivity index (χ4n) is 5.27. The average Bonchev–Trinajstić information content (AvgIpc) is 3.37. The number of hydrogen-bond donors (Lipinski definition) is 0. The molecular weight excluding hydrogens is 466 g/mol. The van der Waals surface area contributed by atoms with E-state index in [2.05, 4.69) is 64.4 Å². The summed E-state index contributed by atoms with van der Waals surface area (Å²) in [4.78, 5) is 10.1. The van der Waals surface area contributed by atoms with Crippen molar-refractivity contribution in [3.05, 3.63) is 84.4 Å². The monoisotopic (exact) mass is 499 g/mol. The van der Waals surface area contributed by atoms with Crippen LogP contribution in [0.1, 0.15) is 18.4 Å². The molecule has 1 unspecified atom stereocenters.